The van der Waals surface area contributed by atoms with Crippen LogP contribution in [0.1, 0.15) is 28.4 Å². The second kappa shape index (κ2) is 8.79. The third-order valence-corrected chi connectivity index (χ3v) is 4.27. The minimum absolute atomic E-state index is 0.00350. The van der Waals surface area contributed by atoms with Gasteiger partial charge in [-0.3, -0.25) is 4.79 Å². The third-order valence-electron chi connectivity index (χ3n) is 4.27. The van der Waals surface area contributed by atoms with E-state index in [0.29, 0.717) is 43.4 Å². The number of carbonyl (C=O) groups excluding carboxylic acids is 2. The molecule has 0 bridgehead atoms. The lowest BCUT2D eigenvalue weighted by Gasteiger charge is -2.22. The van der Waals surface area contributed by atoms with Crippen LogP contribution >= 0.6 is 0 Å². The monoisotopic (exact) mass is 364 g/mol. The highest BCUT2D eigenvalue weighted by atomic mass is 16.5. The maximum atomic E-state index is 12.6. The van der Waals surface area contributed by atoms with Crippen molar-refractivity contribution in [3.63, 3.8) is 0 Å². The average Bonchev–Trinajstić information content (AvgIpc) is 3.10. The third kappa shape index (κ3) is 4.60. The van der Waals surface area contributed by atoms with Gasteiger partial charge in [-0.05, 0) is 6.42 Å². The fourth-order valence-electron chi connectivity index (χ4n) is 2.89. The van der Waals surface area contributed by atoms with E-state index in [9.17, 15) is 9.59 Å². The number of aromatic nitrogens is 2. The molecule has 2 rings (SSSR count). The zero-order valence-electron chi connectivity index (χ0n) is 16.2. The second-order valence-electron chi connectivity index (χ2n) is 6.72. The number of amides is 3. The molecule has 2 heterocycles. The fraction of sp³-hybridized carbons (Fsp3) is 0.647. The molecule has 9 heteroatoms. The molecule has 1 aliphatic heterocycles. The summed E-state index contributed by atoms with van der Waals surface area (Å²) in [7, 11) is 8.77. The molecule has 1 atom stereocenters. The normalized spacial score (nSPS) is 16.5. The first kappa shape index (κ1) is 19.9. The molecule has 1 N–H and O–H groups in total. The second-order valence-corrected chi connectivity index (χ2v) is 6.72. The van der Waals surface area contributed by atoms with Gasteiger partial charge in [-0.25, -0.2) is 14.8 Å². The summed E-state index contributed by atoms with van der Waals surface area (Å²) in [6, 6.07) is -0.0273. The van der Waals surface area contributed by atoms with Gasteiger partial charge < -0.3 is 24.8 Å². The van der Waals surface area contributed by atoms with Crippen LogP contribution in [0.4, 0.5) is 10.7 Å². The summed E-state index contributed by atoms with van der Waals surface area (Å²) in [5.41, 5.74) is 1.14. The van der Waals surface area contributed by atoms with Crippen molar-refractivity contribution in [1.82, 2.24) is 25.1 Å². The lowest BCUT2D eigenvalue weighted by molar-refractivity contribution is 0.0935. The molecule has 0 aliphatic carbocycles. The molecular formula is C17H28N6O3. The van der Waals surface area contributed by atoms with Crippen molar-refractivity contribution in [2.75, 3.05) is 66.4 Å². The predicted molar refractivity (Wildman–Crippen MR) is 98.6 cm³/mol. The summed E-state index contributed by atoms with van der Waals surface area (Å²) < 4.78 is 4.97. The van der Waals surface area contributed by atoms with Gasteiger partial charge in [-0.15, -0.1) is 0 Å². The van der Waals surface area contributed by atoms with E-state index >= 15 is 0 Å². The summed E-state index contributed by atoms with van der Waals surface area (Å²) in [6.45, 7) is 2.04. The van der Waals surface area contributed by atoms with Crippen LogP contribution in [0.15, 0.2) is 6.20 Å². The SMILES string of the molecule is COCCNC(=O)c1cnc(N(C)C)nc1C1CCN(C(=O)N(C)C)C1. The number of nitrogens with one attached hydrogen (secondary N) is 1. The lowest BCUT2D eigenvalue weighted by atomic mass is 10.00. The highest BCUT2D eigenvalue weighted by Gasteiger charge is 2.32. The van der Waals surface area contributed by atoms with E-state index in [1.807, 2.05) is 14.1 Å². The van der Waals surface area contributed by atoms with Crippen molar-refractivity contribution in [2.24, 2.45) is 0 Å². The zero-order valence-corrected chi connectivity index (χ0v) is 16.2. The van der Waals surface area contributed by atoms with E-state index in [-0.39, 0.29) is 17.9 Å². The van der Waals surface area contributed by atoms with E-state index in [2.05, 4.69) is 15.3 Å². The van der Waals surface area contributed by atoms with Crippen molar-refractivity contribution in [2.45, 2.75) is 12.3 Å². The van der Waals surface area contributed by atoms with Crippen LogP contribution in [-0.4, -0.2) is 93.2 Å². The number of rotatable bonds is 6. The van der Waals surface area contributed by atoms with Crippen molar-refractivity contribution >= 4 is 17.9 Å². The Morgan fingerprint density at radius 3 is 2.69 bits per heavy atom. The number of nitrogens with zero attached hydrogens (tertiary/aromatic N) is 5. The van der Waals surface area contributed by atoms with Gasteiger partial charge in [0, 0.05) is 67.0 Å². The first-order chi connectivity index (χ1) is 12.3. The van der Waals surface area contributed by atoms with E-state index < -0.39 is 0 Å². The summed E-state index contributed by atoms with van der Waals surface area (Å²) in [5.74, 6) is 0.328. The van der Waals surface area contributed by atoms with Crippen molar-refractivity contribution in [3.05, 3.63) is 17.5 Å². The highest BCUT2D eigenvalue weighted by Crippen LogP contribution is 2.29. The summed E-state index contributed by atoms with van der Waals surface area (Å²) in [6.07, 6.45) is 2.33. The fourth-order valence-corrected chi connectivity index (χ4v) is 2.89. The number of ether oxygens (including phenoxy) is 1. The van der Waals surface area contributed by atoms with Gasteiger partial charge in [0.15, 0.2) is 0 Å². The summed E-state index contributed by atoms with van der Waals surface area (Å²) in [4.78, 5) is 38.8. The molecule has 0 spiro atoms. The number of methoxy groups -OCH3 is 1. The number of urea groups is 1. The number of likely N-dealkylation sites (tertiary alicyclic amines) is 1. The maximum Gasteiger partial charge on any atom is 0.319 e. The molecule has 0 aromatic carbocycles. The minimum Gasteiger partial charge on any atom is -0.383 e. The Balaban J connectivity index is 2.25. The molecule has 26 heavy (non-hydrogen) atoms. The Bertz CT molecular complexity index is 649. The standard InChI is InChI=1S/C17H28N6O3/c1-21(2)16-19-10-13(15(24)18-7-9-26-5)14(20-16)12-6-8-23(11-12)17(25)22(3)4/h10,12H,6-9,11H2,1-5H3,(H,18,24). The van der Waals surface area contributed by atoms with Crippen molar-refractivity contribution in [3.8, 4) is 0 Å². The van der Waals surface area contributed by atoms with E-state index in [1.165, 1.54) is 0 Å². The maximum absolute atomic E-state index is 12.6. The zero-order chi connectivity index (χ0) is 19.3. The van der Waals surface area contributed by atoms with E-state index in [1.54, 1.807) is 42.1 Å². The van der Waals surface area contributed by atoms with E-state index in [0.717, 1.165) is 6.42 Å². The Hall–Kier alpha value is -2.42. The Morgan fingerprint density at radius 2 is 2.08 bits per heavy atom. The van der Waals surface area contributed by atoms with Gasteiger partial charge in [0.25, 0.3) is 5.91 Å². The number of hydrogen-bond acceptors (Lipinski definition) is 6. The number of hydrogen-bond donors (Lipinski definition) is 1. The summed E-state index contributed by atoms with van der Waals surface area (Å²) in [5, 5.41) is 2.82. The van der Waals surface area contributed by atoms with Crippen LogP contribution in [0.2, 0.25) is 0 Å². The van der Waals surface area contributed by atoms with Crippen LogP contribution < -0.4 is 10.2 Å². The van der Waals surface area contributed by atoms with E-state index in [4.69, 9.17) is 4.74 Å². The number of carbonyl (C=O) groups is 2. The first-order valence-corrected chi connectivity index (χ1v) is 8.62. The molecule has 1 unspecified atom stereocenters. The molecule has 0 saturated carbocycles. The van der Waals surface area contributed by atoms with Crippen LogP contribution in [0.25, 0.3) is 0 Å². The number of anilines is 1. The molecular weight excluding hydrogens is 336 g/mol. The smallest absolute Gasteiger partial charge is 0.319 e. The summed E-state index contributed by atoms with van der Waals surface area (Å²) >= 11 is 0. The van der Waals surface area contributed by atoms with Crippen molar-refractivity contribution in [1.29, 1.82) is 0 Å². The molecule has 1 aromatic heterocycles. The molecule has 1 saturated heterocycles. The first-order valence-electron chi connectivity index (χ1n) is 8.62. The molecule has 1 fully saturated rings. The van der Waals surface area contributed by atoms with Crippen LogP contribution in [0, 0.1) is 0 Å². The van der Waals surface area contributed by atoms with Crippen LogP contribution in [0.3, 0.4) is 0 Å². The Kier molecular flexibility index (Phi) is 6.73. The molecule has 1 aromatic rings. The van der Waals surface area contributed by atoms with Gasteiger partial charge in [-0.2, -0.15) is 0 Å². The molecule has 9 nitrogen and oxygen atoms in total. The van der Waals surface area contributed by atoms with Gasteiger partial charge >= 0.3 is 6.03 Å². The van der Waals surface area contributed by atoms with Gasteiger partial charge in [0.05, 0.1) is 17.9 Å². The molecule has 0 radical (unpaired) electrons. The molecule has 1 aliphatic rings. The van der Waals surface area contributed by atoms with Gasteiger partial charge in [-0.1, -0.05) is 0 Å². The molecule has 144 valence electrons. The Labute approximate surface area is 154 Å². The van der Waals surface area contributed by atoms with Gasteiger partial charge in [0.2, 0.25) is 5.95 Å². The Morgan fingerprint density at radius 1 is 1.35 bits per heavy atom. The van der Waals surface area contributed by atoms with Crippen molar-refractivity contribution < 1.29 is 14.3 Å². The van der Waals surface area contributed by atoms with Gasteiger partial charge in [0.1, 0.15) is 0 Å². The predicted octanol–water partition coefficient (Wildman–Crippen LogP) is 0.390. The largest absolute Gasteiger partial charge is 0.383 e. The minimum atomic E-state index is -0.222. The lowest BCUT2D eigenvalue weighted by Crippen LogP contribution is -2.37. The highest BCUT2D eigenvalue weighted by molar-refractivity contribution is 5.95. The molecule has 3 amide bonds. The topological polar surface area (TPSA) is 90.9 Å². The van der Waals surface area contributed by atoms with Crippen LogP contribution in [0.5, 0.6) is 0 Å². The average molecular weight is 364 g/mol. The van der Waals surface area contributed by atoms with Crippen LogP contribution in [-0.2, 0) is 4.74 Å². The quantitative estimate of drug-likeness (QED) is 0.735.